The molecule has 1 fully saturated rings. The van der Waals surface area contributed by atoms with Gasteiger partial charge in [0, 0.05) is 37.6 Å². The molecule has 4 rings (SSSR count). The SMILES string of the molecule is Cc1occc1-c1nnc(SCC(=O)N2CCN(Cc3cccs3)CC2)n1N. The van der Waals surface area contributed by atoms with E-state index in [9.17, 15) is 4.79 Å². The van der Waals surface area contributed by atoms with Crippen LogP contribution in [0.15, 0.2) is 39.4 Å². The summed E-state index contributed by atoms with van der Waals surface area (Å²) in [5.74, 6) is 7.77. The summed E-state index contributed by atoms with van der Waals surface area (Å²) in [5, 5.41) is 10.9. The molecule has 1 saturated heterocycles. The highest BCUT2D eigenvalue weighted by atomic mass is 32.2. The molecule has 10 heteroatoms. The average Bonchev–Trinajstić information content (AvgIpc) is 3.43. The number of aromatic nitrogens is 3. The number of aryl methyl sites for hydroxylation is 1. The van der Waals surface area contributed by atoms with Crippen LogP contribution in [0.25, 0.3) is 11.4 Å². The molecule has 2 N–H and O–H groups in total. The number of carbonyl (C=O) groups excluding carboxylic acids is 1. The first-order valence-electron chi connectivity index (χ1n) is 9.02. The van der Waals surface area contributed by atoms with Gasteiger partial charge in [-0.15, -0.1) is 21.5 Å². The zero-order valence-corrected chi connectivity index (χ0v) is 17.2. The van der Waals surface area contributed by atoms with E-state index in [-0.39, 0.29) is 5.91 Å². The average molecular weight is 419 g/mol. The predicted molar refractivity (Wildman–Crippen MR) is 110 cm³/mol. The number of hydrogen-bond donors (Lipinski definition) is 1. The molecule has 0 bridgehead atoms. The van der Waals surface area contributed by atoms with Crippen LogP contribution < -0.4 is 5.84 Å². The third-order valence-electron chi connectivity index (χ3n) is 4.77. The molecule has 0 aromatic carbocycles. The summed E-state index contributed by atoms with van der Waals surface area (Å²) in [6.07, 6.45) is 1.59. The number of nitrogens with zero attached hydrogens (tertiary/aromatic N) is 5. The van der Waals surface area contributed by atoms with Crippen LogP contribution in [0.3, 0.4) is 0 Å². The first-order valence-corrected chi connectivity index (χ1v) is 10.9. The van der Waals surface area contributed by atoms with E-state index in [1.165, 1.54) is 21.3 Å². The Hall–Kier alpha value is -2.30. The molecule has 1 aliphatic heterocycles. The number of carbonyl (C=O) groups is 1. The van der Waals surface area contributed by atoms with Crippen molar-refractivity contribution in [3.63, 3.8) is 0 Å². The van der Waals surface area contributed by atoms with Crippen LogP contribution in [0.1, 0.15) is 10.6 Å². The number of nitrogen functional groups attached to an aromatic ring is 1. The smallest absolute Gasteiger partial charge is 0.233 e. The predicted octanol–water partition coefficient (Wildman–Crippen LogP) is 2.06. The van der Waals surface area contributed by atoms with Crippen molar-refractivity contribution in [2.45, 2.75) is 18.6 Å². The number of piperazine rings is 1. The molecule has 4 heterocycles. The molecule has 0 aliphatic carbocycles. The number of hydrogen-bond acceptors (Lipinski definition) is 8. The minimum atomic E-state index is 0.102. The van der Waals surface area contributed by atoms with E-state index >= 15 is 0 Å². The zero-order chi connectivity index (χ0) is 19.5. The molecule has 1 aliphatic rings. The molecule has 3 aromatic heterocycles. The Morgan fingerprint density at radius 2 is 2.11 bits per heavy atom. The summed E-state index contributed by atoms with van der Waals surface area (Å²) in [4.78, 5) is 18.2. The van der Waals surface area contributed by atoms with Gasteiger partial charge in [-0.2, -0.15) is 0 Å². The van der Waals surface area contributed by atoms with Gasteiger partial charge in [0.15, 0.2) is 5.82 Å². The Morgan fingerprint density at radius 1 is 1.29 bits per heavy atom. The van der Waals surface area contributed by atoms with Gasteiger partial charge in [-0.25, -0.2) is 4.68 Å². The first-order chi connectivity index (χ1) is 13.6. The largest absolute Gasteiger partial charge is 0.469 e. The van der Waals surface area contributed by atoms with Crippen molar-refractivity contribution >= 4 is 29.0 Å². The van der Waals surface area contributed by atoms with Crippen molar-refractivity contribution in [2.75, 3.05) is 37.8 Å². The Kier molecular flexibility index (Phi) is 5.69. The van der Waals surface area contributed by atoms with Crippen molar-refractivity contribution in [1.29, 1.82) is 0 Å². The molecule has 3 aromatic rings. The lowest BCUT2D eigenvalue weighted by Crippen LogP contribution is -2.48. The topological polar surface area (TPSA) is 93.4 Å². The lowest BCUT2D eigenvalue weighted by atomic mass is 10.2. The second-order valence-corrected chi connectivity index (χ2v) is 8.57. The van der Waals surface area contributed by atoms with Crippen LogP contribution in [0.5, 0.6) is 0 Å². The number of amides is 1. The third-order valence-corrected chi connectivity index (χ3v) is 6.56. The van der Waals surface area contributed by atoms with Crippen LogP contribution in [0.2, 0.25) is 0 Å². The number of nitrogens with two attached hydrogens (primary N) is 1. The van der Waals surface area contributed by atoms with E-state index in [2.05, 4.69) is 32.6 Å². The third kappa shape index (κ3) is 4.08. The van der Waals surface area contributed by atoms with Gasteiger partial charge in [0.2, 0.25) is 11.1 Å². The van der Waals surface area contributed by atoms with Gasteiger partial charge in [0.25, 0.3) is 0 Å². The molecule has 0 radical (unpaired) electrons. The van der Waals surface area contributed by atoms with Gasteiger partial charge in [0.05, 0.1) is 17.6 Å². The molecule has 1 amide bonds. The Morgan fingerprint density at radius 3 is 2.79 bits per heavy atom. The highest BCUT2D eigenvalue weighted by molar-refractivity contribution is 7.99. The summed E-state index contributed by atoms with van der Waals surface area (Å²) in [6.45, 7) is 6.09. The van der Waals surface area contributed by atoms with E-state index in [0.717, 1.165) is 44.0 Å². The Bertz CT molecular complexity index is 928. The summed E-state index contributed by atoms with van der Waals surface area (Å²) in [6, 6.07) is 6.03. The lowest BCUT2D eigenvalue weighted by molar-refractivity contribution is -0.130. The van der Waals surface area contributed by atoms with Crippen molar-refractivity contribution in [1.82, 2.24) is 24.7 Å². The summed E-state index contributed by atoms with van der Waals surface area (Å²) >= 11 is 3.08. The van der Waals surface area contributed by atoms with E-state index in [4.69, 9.17) is 10.3 Å². The van der Waals surface area contributed by atoms with Crippen molar-refractivity contribution in [2.24, 2.45) is 0 Å². The van der Waals surface area contributed by atoms with Crippen molar-refractivity contribution in [3.8, 4) is 11.4 Å². The van der Waals surface area contributed by atoms with Gasteiger partial charge in [0.1, 0.15) is 5.76 Å². The zero-order valence-electron chi connectivity index (χ0n) is 15.6. The maximum atomic E-state index is 12.6. The monoisotopic (exact) mass is 418 g/mol. The van der Waals surface area contributed by atoms with Crippen molar-refractivity contribution < 1.29 is 9.21 Å². The van der Waals surface area contributed by atoms with Gasteiger partial charge in [-0.3, -0.25) is 9.69 Å². The fourth-order valence-electron chi connectivity index (χ4n) is 3.17. The summed E-state index contributed by atoms with van der Waals surface area (Å²) in [7, 11) is 0. The van der Waals surface area contributed by atoms with Crippen LogP contribution >= 0.6 is 23.1 Å². The molecule has 0 atom stereocenters. The van der Waals surface area contributed by atoms with E-state index < -0.39 is 0 Å². The normalized spacial score (nSPS) is 15.2. The Balaban J connectivity index is 1.28. The molecular formula is C18H22N6O2S2. The van der Waals surface area contributed by atoms with E-state index in [0.29, 0.717) is 16.7 Å². The number of rotatable bonds is 6. The molecule has 148 valence electrons. The van der Waals surface area contributed by atoms with E-state index in [1.807, 2.05) is 11.8 Å². The minimum Gasteiger partial charge on any atom is -0.469 e. The van der Waals surface area contributed by atoms with Gasteiger partial charge >= 0.3 is 0 Å². The second kappa shape index (κ2) is 8.38. The number of furan rings is 1. The molecular weight excluding hydrogens is 396 g/mol. The number of thiophene rings is 1. The molecule has 28 heavy (non-hydrogen) atoms. The number of thioether (sulfide) groups is 1. The maximum absolute atomic E-state index is 12.6. The first kappa shape index (κ1) is 19.0. The highest BCUT2D eigenvalue weighted by Gasteiger charge is 2.23. The highest BCUT2D eigenvalue weighted by Crippen LogP contribution is 2.25. The fourth-order valence-corrected chi connectivity index (χ4v) is 4.68. The van der Waals surface area contributed by atoms with Crippen LogP contribution in [-0.2, 0) is 11.3 Å². The lowest BCUT2D eigenvalue weighted by Gasteiger charge is -2.34. The quantitative estimate of drug-likeness (QED) is 0.484. The van der Waals surface area contributed by atoms with E-state index in [1.54, 1.807) is 23.7 Å². The van der Waals surface area contributed by atoms with Crippen LogP contribution in [-0.4, -0.2) is 62.5 Å². The summed E-state index contributed by atoms with van der Waals surface area (Å²) < 4.78 is 6.71. The van der Waals surface area contributed by atoms with Crippen LogP contribution in [0, 0.1) is 6.92 Å². The minimum absolute atomic E-state index is 0.102. The van der Waals surface area contributed by atoms with Gasteiger partial charge in [-0.05, 0) is 24.4 Å². The Labute approximate surface area is 171 Å². The molecule has 8 nitrogen and oxygen atoms in total. The molecule has 0 saturated carbocycles. The van der Waals surface area contributed by atoms with Gasteiger partial charge in [-0.1, -0.05) is 17.8 Å². The maximum Gasteiger partial charge on any atom is 0.233 e. The van der Waals surface area contributed by atoms with Crippen molar-refractivity contribution in [3.05, 3.63) is 40.5 Å². The molecule has 0 spiro atoms. The summed E-state index contributed by atoms with van der Waals surface area (Å²) in [5.41, 5.74) is 0.801. The second-order valence-electron chi connectivity index (χ2n) is 6.59. The van der Waals surface area contributed by atoms with Crippen LogP contribution in [0.4, 0.5) is 0 Å². The molecule has 0 unspecified atom stereocenters. The standard InChI is InChI=1S/C18H22N6O2S2/c1-13-15(4-9-26-13)17-20-21-18(24(17)19)28-12-16(25)23-7-5-22(6-8-23)11-14-3-2-10-27-14/h2-4,9-10H,5-8,11-12,19H2,1H3. The fraction of sp³-hybridized carbons (Fsp3) is 0.389. The van der Waals surface area contributed by atoms with Gasteiger partial charge < -0.3 is 15.2 Å².